The average Bonchev–Trinajstić information content (AvgIpc) is 2.83. The van der Waals surface area contributed by atoms with Crippen molar-refractivity contribution in [3.05, 3.63) is 27.6 Å². The Hall–Kier alpha value is -2.22. The van der Waals surface area contributed by atoms with E-state index in [0.717, 1.165) is 15.9 Å². The van der Waals surface area contributed by atoms with E-state index in [1.54, 1.807) is 6.92 Å². The van der Waals surface area contributed by atoms with Crippen molar-refractivity contribution < 1.29 is 19.4 Å². The van der Waals surface area contributed by atoms with E-state index in [1.807, 2.05) is 0 Å². The van der Waals surface area contributed by atoms with Crippen LogP contribution in [0.25, 0.3) is 10.2 Å². The molecule has 0 aliphatic rings. The summed E-state index contributed by atoms with van der Waals surface area (Å²) in [5.41, 5.74) is -0.439. The SMILES string of the molecule is CCOC(=O)c1csc2ncn(C(C)C(=O)O)c(=O)c12. The molecule has 1 N–H and O–H groups in total. The molecule has 2 rings (SSSR count). The van der Waals surface area contributed by atoms with Crippen LogP contribution < -0.4 is 5.56 Å². The smallest absolute Gasteiger partial charge is 0.339 e. The Labute approximate surface area is 117 Å². The van der Waals surface area contributed by atoms with Crippen LogP contribution in [0.2, 0.25) is 0 Å². The summed E-state index contributed by atoms with van der Waals surface area (Å²) in [5, 5.41) is 10.6. The van der Waals surface area contributed by atoms with Gasteiger partial charge in [0.25, 0.3) is 5.56 Å². The summed E-state index contributed by atoms with van der Waals surface area (Å²) in [6.45, 7) is 3.22. The lowest BCUT2D eigenvalue weighted by molar-refractivity contribution is -0.140. The topological polar surface area (TPSA) is 98.5 Å². The molecule has 20 heavy (non-hydrogen) atoms. The number of fused-ring (bicyclic) bond motifs is 1. The Balaban J connectivity index is 2.65. The molecule has 0 aliphatic carbocycles. The normalized spacial score (nSPS) is 12.3. The molecule has 0 amide bonds. The van der Waals surface area contributed by atoms with Gasteiger partial charge in [-0.2, -0.15) is 0 Å². The third-order valence-electron chi connectivity index (χ3n) is 2.79. The Morgan fingerprint density at radius 1 is 1.55 bits per heavy atom. The molecule has 2 aromatic rings. The minimum absolute atomic E-state index is 0.101. The van der Waals surface area contributed by atoms with E-state index < -0.39 is 23.5 Å². The molecule has 0 fully saturated rings. The minimum Gasteiger partial charge on any atom is -0.480 e. The van der Waals surface area contributed by atoms with Crippen LogP contribution in [0, 0.1) is 0 Å². The van der Waals surface area contributed by atoms with Crippen LogP contribution in [0.4, 0.5) is 0 Å². The maximum absolute atomic E-state index is 12.3. The largest absolute Gasteiger partial charge is 0.480 e. The Morgan fingerprint density at radius 2 is 2.25 bits per heavy atom. The lowest BCUT2D eigenvalue weighted by Gasteiger charge is -2.09. The predicted molar refractivity (Wildman–Crippen MR) is 72.2 cm³/mol. The molecule has 2 aromatic heterocycles. The van der Waals surface area contributed by atoms with Crippen molar-refractivity contribution in [2.24, 2.45) is 0 Å². The van der Waals surface area contributed by atoms with Gasteiger partial charge in [0.2, 0.25) is 0 Å². The first-order valence-corrected chi connectivity index (χ1v) is 6.73. The number of carboxylic acids is 1. The van der Waals surface area contributed by atoms with Gasteiger partial charge in [0.15, 0.2) is 0 Å². The number of carbonyl (C=O) groups is 2. The van der Waals surface area contributed by atoms with Crippen LogP contribution in [0.1, 0.15) is 30.2 Å². The summed E-state index contributed by atoms with van der Waals surface area (Å²) in [5.74, 6) is -1.76. The van der Waals surface area contributed by atoms with Gasteiger partial charge in [0, 0.05) is 5.38 Å². The highest BCUT2D eigenvalue weighted by Gasteiger charge is 2.21. The van der Waals surface area contributed by atoms with Crippen molar-refractivity contribution >= 4 is 33.5 Å². The molecule has 106 valence electrons. The number of aromatic nitrogens is 2. The molecule has 2 heterocycles. The molecular weight excluding hydrogens is 284 g/mol. The van der Waals surface area contributed by atoms with Gasteiger partial charge in [-0.05, 0) is 13.8 Å². The molecule has 0 spiro atoms. The fourth-order valence-electron chi connectivity index (χ4n) is 1.70. The quantitative estimate of drug-likeness (QED) is 0.853. The molecule has 0 radical (unpaired) electrons. The van der Waals surface area contributed by atoms with Crippen LogP contribution in [0.3, 0.4) is 0 Å². The average molecular weight is 296 g/mol. The second-order valence-electron chi connectivity index (χ2n) is 4.02. The lowest BCUT2D eigenvalue weighted by Crippen LogP contribution is -2.28. The monoisotopic (exact) mass is 296 g/mol. The van der Waals surface area contributed by atoms with E-state index >= 15 is 0 Å². The second kappa shape index (κ2) is 5.41. The molecule has 0 aromatic carbocycles. The zero-order valence-corrected chi connectivity index (χ0v) is 11.6. The Morgan fingerprint density at radius 3 is 2.85 bits per heavy atom. The number of hydrogen-bond acceptors (Lipinski definition) is 6. The first kappa shape index (κ1) is 14.2. The van der Waals surface area contributed by atoms with E-state index in [1.165, 1.54) is 18.6 Å². The van der Waals surface area contributed by atoms with Gasteiger partial charge >= 0.3 is 11.9 Å². The minimum atomic E-state index is -1.15. The summed E-state index contributed by atoms with van der Waals surface area (Å²) in [7, 11) is 0. The van der Waals surface area contributed by atoms with Gasteiger partial charge in [-0.1, -0.05) is 0 Å². The summed E-state index contributed by atoms with van der Waals surface area (Å²) in [6.07, 6.45) is 1.18. The van der Waals surface area contributed by atoms with E-state index in [9.17, 15) is 14.4 Å². The molecule has 0 saturated carbocycles. The molecule has 0 bridgehead atoms. The van der Waals surface area contributed by atoms with E-state index in [4.69, 9.17) is 9.84 Å². The molecule has 8 heteroatoms. The fraction of sp³-hybridized carbons (Fsp3) is 0.333. The van der Waals surface area contributed by atoms with Crippen LogP contribution in [-0.2, 0) is 9.53 Å². The zero-order valence-electron chi connectivity index (χ0n) is 10.8. The van der Waals surface area contributed by atoms with Gasteiger partial charge in [0.1, 0.15) is 10.9 Å². The van der Waals surface area contributed by atoms with E-state index in [-0.39, 0.29) is 17.6 Å². The van der Waals surface area contributed by atoms with Crippen LogP contribution in [0.15, 0.2) is 16.5 Å². The van der Waals surface area contributed by atoms with Gasteiger partial charge in [-0.3, -0.25) is 9.36 Å². The molecule has 0 saturated heterocycles. The van der Waals surface area contributed by atoms with Crippen LogP contribution in [-0.4, -0.2) is 33.2 Å². The predicted octanol–water partition coefficient (Wildman–Crippen LogP) is 1.28. The van der Waals surface area contributed by atoms with E-state index in [0.29, 0.717) is 4.83 Å². The number of aliphatic carboxylic acids is 1. The summed E-state index contributed by atoms with van der Waals surface area (Å²) < 4.78 is 5.86. The van der Waals surface area contributed by atoms with E-state index in [2.05, 4.69) is 4.98 Å². The van der Waals surface area contributed by atoms with Gasteiger partial charge in [-0.25, -0.2) is 14.6 Å². The van der Waals surface area contributed by atoms with Crippen molar-refractivity contribution in [3.63, 3.8) is 0 Å². The standard InChI is InChI=1S/C12H12N2O5S/c1-3-19-12(18)7-4-20-9-8(7)10(15)14(5-13-9)6(2)11(16)17/h4-6H,3H2,1-2H3,(H,16,17). The highest BCUT2D eigenvalue weighted by molar-refractivity contribution is 7.17. The van der Waals surface area contributed by atoms with Crippen LogP contribution >= 0.6 is 11.3 Å². The first-order chi connectivity index (χ1) is 9.47. The number of esters is 1. The zero-order chi connectivity index (χ0) is 14.9. The number of ether oxygens (including phenoxy) is 1. The third kappa shape index (κ3) is 2.29. The summed E-state index contributed by atoms with van der Waals surface area (Å²) >= 11 is 1.14. The van der Waals surface area contributed by atoms with Crippen molar-refractivity contribution in [1.82, 2.24) is 9.55 Å². The highest BCUT2D eigenvalue weighted by atomic mass is 32.1. The molecule has 1 atom stereocenters. The van der Waals surface area contributed by atoms with Crippen LogP contribution in [0.5, 0.6) is 0 Å². The number of rotatable bonds is 4. The number of carboxylic acid groups (broad SMARTS) is 1. The number of thiophene rings is 1. The lowest BCUT2D eigenvalue weighted by atomic mass is 10.2. The maximum atomic E-state index is 12.3. The Kier molecular flexibility index (Phi) is 3.84. The number of hydrogen-bond donors (Lipinski definition) is 1. The van der Waals surface area contributed by atoms with Crippen molar-refractivity contribution in [2.45, 2.75) is 19.9 Å². The Bertz CT molecular complexity index is 733. The molecule has 0 aliphatic heterocycles. The molecule has 1 unspecified atom stereocenters. The first-order valence-electron chi connectivity index (χ1n) is 5.85. The number of carbonyl (C=O) groups excluding carboxylic acids is 1. The second-order valence-corrected chi connectivity index (χ2v) is 4.88. The fourth-order valence-corrected chi connectivity index (χ4v) is 2.57. The summed E-state index contributed by atoms with van der Waals surface area (Å²) in [4.78, 5) is 39.5. The third-order valence-corrected chi connectivity index (χ3v) is 3.68. The highest BCUT2D eigenvalue weighted by Crippen LogP contribution is 2.22. The van der Waals surface area contributed by atoms with Crippen molar-refractivity contribution in [1.29, 1.82) is 0 Å². The molecular formula is C12H12N2O5S. The van der Waals surface area contributed by atoms with Gasteiger partial charge in [-0.15, -0.1) is 11.3 Å². The van der Waals surface area contributed by atoms with Gasteiger partial charge < -0.3 is 9.84 Å². The van der Waals surface area contributed by atoms with Crippen molar-refractivity contribution in [2.75, 3.05) is 6.61 Å². The van der Waals surface area contributed by atoms with Crippen molar-refractivity contribution in [3.8, 4) is 0 Å². The maximum Gasteiger partial charge on any atom is 0.339 e. The summed E-state index contributed by atoms with van der Waals surface area (Å²) in [6, 6.07) is -1.06. The van der Waals surface area contributed by atoms with Gasteiger partial charge in [0.05, 0.1) is 23.9 Å². The number of nitrogens with zero attached hydrogens (tertiary/aromatic N) is 2. The molecule has 7 nitrogen and oxygen atoms in total.